The molecule has 1 amide bonds. The van der Waals surface area contributed by atoms with E-state index in [-0.39, 0.29) is 12.5 Å². The van der Waals surface area contributed by atoms with Gasteiger partial charge in [0.2, 0.25) is 0 Å². The number of rotatable bonds is 5. The first-order chi connectivity index (χ1) is 12.0. The van der Waals surface area contributed by atoms with Crippen LogP contribution in [0.2, 0.25) is 0 Å². The van der Waals surface area contributed by atoms with Crippen molar-refractivity contribution in [2.75, 3.05) is 32.7 Å². The fraction of sp³-hybridized carbons (Fsp3) is 0.625. The van der Waals surface area contributed by atoms with Crippen LogP contribution in [0.4, 0.5) is 0 Å². The highest BCUT2D eigenvalue weighted by Gasteiger charge is 2.37. The lowest BCUT2D eigenvalue weighted by Crippen LogP contribution is -3.16. The molecule has 9 heteroatoms. The SMILES string of the molecule is N#CC1(NC(=O)C[NH+]2CCN(S(=O)(=O)c3cccs3)CC2)CCCC1. The molecule has 25 heavy (non-hydrogen) atoms. The normalized spacial score (nSPS) is 21.7. The Kier molecular flexibility index (Phi) is 5.43. The lowest BCUT2D eigenvalue weighted by molar-refractivity contribution is -0.895. The molecule has 2 aliphatic rings. The van der Waals surface area contributed by atoms with Gasteiger partial charge in [-0.2, -0.15) is 9.57 Å². The van der Waals surface area contributed by atoms with Gasteiger partial charge in [0.05, 0.1) is 32.2 Å². The Labute approximate surface area is 152 Å². The molecule has 2 heterocycles. The number of nitrogens with one attached hydrogen (secondary N) is 2. The Morgan fingerprint density at radius 3 is 2.60 bits per heavy atom. The number of nitriles is 1. The number of quaternary nitrogens is 1. The molecule has 1 saturated heterocycles. The maximum atomic E-state index is 12.5. The van der Waals surface area contributed by atoms with Gasteiger partial charge in [0.1, 0.15) is 9.75 Å². The third-order valence-electron chi connectivity index (χ3n) is 4.98. The third-order valence-corrected chi connectivity index (χ3v) is 8.25. The number of carbonyl (C=O) groups excluding carboxylic acids is 1. The largest absolute Gasteiger partial charge is 0.333 e. The molecule has 7 nitrogen and oxygen atoms in total. The number of carbonyl (C=O) groups is 1. The fourth-order valence-electron chi connectivity index (χ4n) is 3.54. The molecule has 1 aromatic heterocycles. The molecule has 0 spiro atoms. The van der Waals surface area contributed by atoms with E-state index >= 15 is 0 Å². The van der Waals surface area contributed by atoms with E-state index in [0.29, 0.717) is 30.4 Å². The van der Waals surface area contributed by atoms with Crippen molar-refractivity contribution in [3.63, 3.8) is 0 Å². The highest BCUT2D eigenvalue weighted by molar-refractivity contribution is 7.91. The van der Waals surface area contributed by atoms with E-state index < -0.39 is 15.6 Å². The number of piperazine rings is 1. The summed E-state index contributed by atoms with van der Waals surface area (Å²) >= 11 is 1.22. The summed E-state index contributed by atoms with van der Waals surface area (Å²) in [4.78, 5) is 13.3. The van der Waals surface area contributed by atoms with Gasteiger partial charge in [-0.25, -0.2) is 8.42 Å². The quantitative estimate of drug-likeness (QED) is 0.723. The molecule has 136 valence electrons. The summed E-state index contributed by atoms with van der Waals surface area (Å²) in [5.74, 6) is -0.118. The number of hydrogen-bond donors (Lipinski definition) is 2. The number of amides is 1. The monoisotopic (exact) mass is 383 g/mol. The van der Waals surface area contributed by atoms with Crippen molar-refractivity contribution in [2.45, 2.75) is 35.4 Å². The molecule has 0 unspecified atom stereocenters. The molecule has 3 rings (SSSR count). The Bertz CT molecular complexity index is 741. The lowest BCUT2D eigenvalue weighted by atomic mass is 10.00. The van der Waals surface area contributed by atoms with Gasteiger partial charge in [0.15, 0.2) is 6.54 Å². The van der Waals surface area contributed by atoms with Crippen LogP contribution in [0.15, 0.2) is 21.7 Å². The van der Waals surface area contributed by atoms with Crippen molar-refractivity contribution in [1.82, 2.24) is 9.62 Å². The van der Waals surface area contributed by atoms with Crippen LogP contribution >= 0.6 is 11.3 Å². The standard InChI is InChI=1S/C16H22N4O3S2/c17-13-16(5-1-2-6-16)18-14(21)12-19-7-9-20(10-8-19)25(22,23)15-4-3-11-24-15/h3-4,11H,1-2,5-10,12H2,(H,18,21)/p+1. The molecular weight excluding hydrogens is 360 g/mol. The predicted molar refractivity (Wildman–Crippen MR) is 93.6 cm³/mol. The first kappa shape index (κ1) is 18.3. The van der Waals surface area contributed by atoms with E-state index in [9.17, 15) is 18.5 Å². The first-order valence-electron chi connectivity index (χ1n) is 8.55. The van der Waals surface area contributed by atoms with E-state index in [1.165, 1.54) is 15.6 Å². The molecular formula is C16H23N4O3S2+. The van der Waals surface area contributed by atoms with Crippen LogP contribution in [0.1, 0.15) is 25.7 Å². The summed E-state index contributed by atoms with van der Waals surface area (Å²) < 4.78 is 26.9. The zero-order chi connectivity index (χ0) is 17.9. The van der Waals surface area contributed by atoms with Gasteiger partial charge < -0.3 is 10.2 Å². The second-order valence-electron chi connectivity index (χ2n) is 6.71. The molecule has 0 radical (unpaired) electrons. The summed E-state index contributed by atoms with van der Waals surface area (Å²) in [6, 6.07) is 5.61. The first-order valence-corrected chi connectivity index (χ1v) is 10.9. The second-order valence-corrected chi connectivity index (χ2v) is 9.82. The van der Waals surface area contributed by atoms with Gasteiger partial charge in [-0.15, -0.1) is 11.3 Å². The van der Waals surface area contributed by atoms with Crippen molar-refractivity contribution in [2.24, 2.45) is 0 Å². The Morgan fingerprint density at radius 2 is 2.04 bits per heavy atom. The minimum absolute atomic E-state index is 0.118. The molecule has 2 fully saturated rings. The van der Waals surface area contributed by atoms with Gasteiger partial charge in [-0.05, 0) is 37.1 Å². The smallest absolute Gasteiger partial charge is 0.276 e. The lowest BCUT2D eigenvalue weighted by Gasteiger charge is -2.31. The van der Waals surface area contributed by atoms with Crippen LogP contribution in [0, 0.1) is 11.3 Å². The van der Waals surface area contributed by atoms with Crippen molar-refractivity contribution < 1.29 is 18.1 Å². The van der Waals surface area contributed by atoms with Gasteiger partial charge >= 0.3 is 0 Å². The maximum absolute atomic E-state index is 12.5. The number of sulfonamides is 1. The Balaban J connectivity index is 1.51. The van der Waals surface area contributed by atoms with E-state index in [1.54, 1.807) is 17.5 Å². The third kappa shape index (κ3) is 4.03. The Morgan fingerprint density at radius 1 is 1.36 bits per heavy atom. The van der Waals surface area contributed by atoms with Crippen molar-refractivity contribution >= 4 is 27.3 Å². The molecule has 1 aliphatic heterocycles. The minimum atomic E-state index is -3.41. The van der Waals surface area contributed by atoms with E-state index in [4.69, 9.17) is 0 Å². The topological polar surface area (TPSA) is 94.7 Å². The second kappa shape index (κ2) is 7.41. The zero-order valence-corrected chi connectivity index (χ0v) is 15.7. The molecule has 1 aromatic rings. The van der Waals surface area contributed by atoms with Gasteiger partial charge in [0, 0.05) is 0 Å². The van der Waals surface area contributed by atoms with Crippen LogP contribution in [-0.2, 0) is 14.8 Å². The van der Waals surface area contributed by atoms with Crippen molar-refractivity contribution in [1.29, 1.82) is 5.26 Å². The van der Waals surface area contributed by atoms with Crippen LogP contribution in [0.3, 0.4) is 0 Å². The fourth-order valence-corrected chi connectivity index (χ4v) is 6.12. The average molecular weight is 384 g/mol. The minimum Gasteiger partial charge on any atom is -0.333 e. The highest BCUT2D eigenvalue weighted by Crippen LogP contribution is 2.28. The molecule has 2 N–H and O–H groups in total. The summed E-state index contributed by atoms with van der Waals surface area (Å²) in [7, 11) is -3.41. The van der Waals surface area contributed by atoms with Crippen molar-refractivity contribution in [3.8, 4) is 6.07 Å². The Hall–Kier alpha value is -1.47. The summed E-state index contributed by atoms with van der Waals surface area (Å²) in [5, 5.41) is 14.0. The van der Waals surface area contributed by atoms with Gasteiger partial charge in [-0.1, -0.05) is 6.07 Å². The summed E-state index contributed by atoms with van der Waals surface area (Å²) in [5.41, 5.74) is -0.694. The number of hydrogen-bond acceptors (Lipinski definition) is 5. The van der Waals surface area contributed by atoms with Crippen molar-refractivity contribution in [3.05, 3.63) is 17.5 Å². The summed E-state index contributed by atoms with van der Waals surface area (Å²) in [6.07, 6.45) is 3.38. The molecule has 0 aromatic carbocycles. The van der Waals surface area contributed by atoms with Gasteiger partial charge in [-0.3, -0.25) is 4.79 Å². The van der Waals surface area contributed by atoms with Crippen LogP contribution in [0.5, 0.6) is 0 Å². The molecule has 1 aliphatic carbocycles. The van der Waals surface area contributed by atoms with Crippen LogP contribution < -0.4 is 10.2 Å². The van der Waals surface area contributed by atoms with Crippen LogP contribution in [0.25, 0.3) is 0 Å². The molecule has 0 bridgehead atoms. The number of thiophene rings is 1. The van der Waals surface area contributed by atoms with E-state index in [2.05, 4.69) is 11.4 Å². The number of nitrogens with zero attached hydrogens (tertiary/aromatic N) is 2. The summed E-state index contributed by atoms with van der Waals surface area (Å²) in [6.45, 7) is 2.30. The average Bonchev–Trinajstić information content (AvgIpc) is 3.28. The van der Waals surface area contributed by atoms with Crippen LogP contribution in [-0.4, -0.2) is 56.9 Å². The molecule has 0 atom stereocenters. The highest BCUT2D eigenvalue weighted by atomic mass is 32.2. The zero-order valence-electron chi connectivity index (χ0n) is 14.0. The van der Waals surface area contributed by atoms with E-state index in [0.717, 1.165) is 30.6 Å². The molecule has 1 saturated carbocycles. The van der Waals surface area contributed by atoms with Gasteiger partial charge in [0.25, 0.3) is 15.9 Å². The van der Waals surface area contributed by atoms with E-state index in [1.807, 2.05) is 0 Å². The maximum Gasteiger partial charge on any atom is 0.276 e. The predicted octanol–water partition coefficient (Wildman–Crippen LogP) is -0.410.